The largest absolute Gasteiger partial charge is 0.384 e. The number of aryl methyl sites for hydroxylation is 1. The number of rotatable bonds is 5. The van der Waals surface area contributed by atoms with E-state index < -0.39 is 5.92 Å². The van der Waals surface area contributed by atoms with E-state index in [0.717, 1.165) is 38.6 Å². The second-order valence-electron chi connectivity index (χ2n) is 11.4. The van der Waals surface area contributed by atoms with E-state index in [1.165, 1.54) is 0 Å². The van der Waals surface area contributed by atoms with Gasteiger partial charge in [-0.3, -0.25) is 9.69 Å². The van der Waals surface area contributed by atoms with Gasteiger partial charge in [-0.25, -0.2) is 0 Å². The predicted octanol–water partition coefficient (Wildman–Crippen LogP) is 9.50. The number of nitriles is 1. The van der Waals surface area contributed by atoms with Crippen molar-refractivity contribution in [3.63, 3.8) is 0 Å². The van der Waals surface area contributed by atoms with Gasteiger partial charge in [-0.1, -0.05) is 72.4 Å². The predicted molar refractivity (Wildman–Crippen MR) is 170 cm³/mol. The summed E-state index contributed by atoms with van der Waals surface area (Å²) in [6.07, 6.45) is 0.971. The van der Waals surface area contributed by atoms with Crippen molar-refractivity contribution in [2.45, 2.75) is 57.1 Å². The number of thioether (sulfide) groups is 1. The lowest BCUT2D eigenvalue weighted by atomic mass is 9.68. The number of hydrogen-bond donors (Lipinski definition) is 1. The molecule has 1 heterocycles. The molecule has 1 atom stereocenters. The molecule has 0 amide bonds. The molecule has 3 aromatic rings. The third-order valence-electron chi connectivity index (χ3n) is 7.77. The highest BCUT2D eigenvalue weighted by molar-refractivity contribution is 7.98. The third kappa shape index (κ3) is 5.64. The van der Waals surface area contributed by atoms with Gasteiger partial charge >= 0.3 is 0 Å². The Morgan fingerprint density at radius 3 is 2.46 bits per heavy atom. The van der Waals surface area contributed by atoms with E-state index in [9.17, 15) is 10.1 Å². The number of allylic oxidation sites excluding steroid dienone is 3. The fraction of sp³-hybridized carbons (Fsp3) is 0.273. The Balaban J connectivity index is 1.69. The maximum Gasteiger partial charge on any atom is 0.162 e. The molecule has 210 valence electrons. The molecule has 2 N–H and O–H groups in total. The highest BCUT2D eigenvalue weighted by Gasteiger charge is 2.45. The number of Topliss-reactive ketones (excluding diaryl/α,β-unsaturated/α-hetero) is 1. The van der Waals surface area contributed by atoms with Crippen LogP contribution in [0, 0.1) is 30.6 Å². The Bertz CT molecular complexity index is 1670. The zero-order valence-corrected chi connectivity index (χ0v) is 26.4. The molecule has 3 aromatic carbocycles. The zero-order chi connectivity index (χ0) is 29.6. The molecule has 1 aliphatic heterocycles. The number of hydrogen-bond acceptors (Lipinski definition) is 5. The molecular weight excluding hydrogens is 593 g/mol. The van der Waals surface area contributed by atoms with Crippen LogP contribution in [-0.4, -0.2) is 5.78 Å². The number of nitrogens with two attached hydrogens (primary N) is 1. The van der Waals surface area contributed by atoms with Crippen molar-refractivity contribution in [1.82, 2.24) is 0 Å². The molecule has 0 spiro atoms. The van der Waals surface area contributed by atoms with Crippen molar-refractivity contribution in [2.24, 2.45) is 11.1 Å². The molecule has 0 saturated carbocycles. The molecular formula is C33H30Cl3N3OS. The van der Waals surface area contributed by atoms with Crippen LogP contribution in [0.25, 0.3) is 0 Å². The van der Waals surface area contributed by atoms with E-state index in [2.05, 4.69) is 39.0 Å². The average molecular weight is 623 g/mol. The van der Waals surface area contributed by atoms with E-state index in [1.807, 2.05) is 37.3 Å². The van der Waals surface area contributed by atoms with Crippen LogP contribution in [0.4, 0.5) is 5.69 Å². The molecule has 0 aromatic heterocycles. The van der Waals surface area contributed by atoms with Crippen molar-refractivity contribution >= 4 is 58.0 Å². The van der Waals surface area contributed by atoms with Crippen molar-refractivity contribution in [3.8, 4) is 6.07 Å². The van der Waals surface area contributed by atoms with Crippen molar-refractivity contribution in [2.75, 3.05) is 4.90 Å². The van der Waals surface area contributed by atoms with Gasteiger partial charge < -0.3 is 5.73 Å². The lowest BCUT2D eigenvalue weighted by Gasteiger charge is -2.44. The van der Waals surface area contributed by atoms with Gasteiger partial charge in [0.15, 0.2) is 5.78 Å². The third-order valence-corrected chi connectivity index (χ3v) is 9.89. The maximum absolute atomic E-state index is 14.0. The van der Waals surface area contributed by atoms with Crippen LogP contribution in [-0.2, 0) is 10.5 Å². The molecule has 0 radical (unpaired) electrons. The topological polar surface area (TPSA) is 70.1 Å². The lowest BCUT2D eigenvalue weighted by Crippen LogP contribution is -2.42. The first-order valence-corrected chi connectivity index (χ1v) is 15.4. The number of benzene rings is 3. The summed E-state index contributed by atoms with van der Waals surface area (Å²) in [6, 6.07) is 19.7. The van der Waals surface area contributed by atoms with Crippen molar-refractivity contribution in [1.29, 1.82) is 5.26 Å². The summed E-state index contributed by atoms with van der Waals surface area (Å²) in [5.41, 5.74) is 13.0. The van der Waals surface area contributed by atoms with E-state index in [-0.39, 0.29) is 17.0 Å². The van der Waals surface area contributed by atoms with Gasteiger partial charge in [0.05, 0.1) is 33.3 Å². The summed E-state index contributed by atoms with van der Waals surface area (Å²) in [5, 5.41) is 11.9. The number of nitrogens with zero attached hydrogens (tertiary/aromatic N) is 2. The van der Waals surface area contributed by atoms with Crippen LogP contribution in [0.15, 0.2) is 82.2 Å². The average Bonchev–Trinajstić information content (AvgIpc) is 2.90. The molecule has 2 aliphatic rings. The highest BCUT2D eigenvalue weighted by atomic mass is 35.5. The SMILES string of the molecule is Cc1cc(CSc2ccc(Cl)cc2)c(C)c(C2C(C#N)=C(N)N(c3cccc(Cl)c3Cl)C3=C2C(=O)CC(C)(C)C3)c1. The van der Waals surface area contributed by atoms with Crippen LogP contribution in [0.5, 0.6) is 0 Å². The van der Waals surface area contributed by atoms with Crippen molar-refractivity contribution < 1.29 is 4.79 Å². The van der Waals surface area contributed by atoms with E-state index in [4.69, 9.17) is 40.5 Å². The highest BCUT2D eigenvalue weighted by Crippen LogP contribution is 2.52. The number of carbonyl (C=O) groups excluding carboxylic acids is 1. The first-order valence-electron chi connectivity index (χ1n) is 13.3. The van der Waals surface area contributed by atoms with Gasteiger partial charge in [-0.05, 0) is 78.8 Å². The van der Waals surface area contributed by atoms with Gasteiger partial charge in [0, 0.05) is 33.4 Å². The quantitative estimate of drug-likeness (QED) is 0.287. The van der Waals surface area contributed by atoms with Crippen LogP contribution >= 0.6 is 46.6 Å². The normalized spacial score (nSPS) is 18.4. The van der Waals surface area contributed by atoms with Crippen LogP contribution in [0.3, 0.4) is 0 Å². The van der Waals surface area contributed by atoms with Gasteiger partial charge in [-0.15, -0.1) is 11.8 Å². The Hall–Kier alpha value is -2.88. The summed E-state index contributed by atoms with van der Waals surface area (Å²) in [4.78, 5) is 16.9. The van der Waals surface area contributed by atoms with Crippen molar-refractivity contribution in [3.05, 3.63) is 115 Å². The second-order valence-corrected chi connectivity index (χ2v) is 13.7. The number of ketones is 1. The van der Waals surface area contributed by atoms with Gasteiger partial charge in [-0.2, -0.15) is 5.26 Å². The minimum atomic E-state index is -0.577. The summed E-state index contributed by atoms with van der Waals surface area (Å²) < 4.78 is 0. The number of halogens is 3. The first-order chi connectivity index (χ1) is 19.4. The summed E-state index contributed by atoms with van der Waals surface area (Å²) in [6.45, 7) is 8.26. The number of anilines is 1. The fourth-order valence-corrected chi connectivity index (χ4v) is 7.32. The molecule has 0 saturated heterocycles. The Morgan fingerprint density at radius 2 is 1.78 bits per heavy atom. The van der Waals surface area contributed by atoms with Gasteiger partial charge in [0.1, 0.15) is 5.82 Å². The Kier molecular flexibility index (Phi) is 8.25. The smallest absolute Gasteiger partial charge is 0.162 e. The maximum atomic E-state index is 14.0. The minimum Gasteiger partial charge on any atom is -0.384 e. The van der Waals surface area contributed by atoms with E-state index in [0.29, 0.717) is 44.7 Å². The first kappa shape index (κ1) is 29.6. The van der Waals surface area contributed by atoms with Gasteiger partial charge in [0.2, 0.25) is 0 Å². The van der Waals surface area contributed by atoms with E-state index in [1.54, 1.807) is 28.8 Å². The Labute approximate surface area is 260 Å². The van der Waals surface area contributed by atoms with E-state index >= 15 is 0 Å². The summed E-state index contributed by atoms with van der Waals surface area (Å²) in [7, 11) is 0. The van der Waals surface area contributed by atoms with Crippen LogP contribution in [0.1, 0.15) is 54.9 Å². The lowest BCUT2D eigenvalue weighted by molar-refractivity contribution is -0.118. The molecule has 0 bridgehead atoms. The molecule has 1 unspecified atom stereocenters. The van der Waals surface area contributed by atoms with Crippen LogP contribution in [0.2, 0.25) is 15.1 Å². The summed E-state index contributed by atoms with van der Waals surface area (Å²) in [5.74, 6) is 0.436. The Morgan fingerprint density at radius 1 is 1.07 bits per heavy atom. The molecule has 1 aliphatic carbocycles. The molecule has 0 fully saturated rings. The van der Waals surface area contributed by atoms with Crippen LogP contribution < -0.4 is 10.6 Å². The molecule has 4 nitrogen and oxygen atoms in total. The molecule has 5 rings (SSSR count). The minimum absolute atomic E-state index is 0.0163. The number of carbonyl (C=O) groups is 1. The molecule has 8 heteroatoms. The standard InChI is InChI=1S/C33H30Cl3N3OS/c1-18-12-20(17-41-22-10-8-21(34)9-11-22)19(2)23(13-18)29-24(16-37)32(38)39(26-7-5-6-25(35)31(26)36)27-14-33(3,4)15-28(40)30(27)29/h5-13,29H,14-15,17,38H2,1-4H3. The molecule has 41 heavy (non-hydrogen) atoms. The zero-order valence-electron chi connectivity index (χ0n) is 23.3. The van der Waals surface area contributed by atoms with Gasteiger partial charge in [0.25, 0.3) is 0 Å². The monoisotopic (exact) mass is 621 g/mol. The summed E-state index contributed by atoms with van der Waals surface area (Å²) >= 11 is 20.9. The second kappa shape index (κ2) is 11.4. The fourth-order valence-electron chi connectivity index (χ4n) is 5.87.